The van der Waals surface area contributed by atoms with Crippen LogP contribution >= 0.6 is 0 Å². The van der Waals surface area contributed by atoms with Crippen LogP contribution in [0.1, 0.15) is 5.56 Å². The highest BCUT2D eigenvalue weighted by molar-refractivity contribution is 5.99. The van der Waals surface area contributed by atoms with E-state index in [-0.39, 0.29) is 11.3 Å². The first-order chi connectivity index (χ1) is 14.6. The lowest BCUT2D eigenvalue weighted by Crippen LogP contribution is -2.19. The van der Waals surface area contributed by atoms with E-state index < -0.39 is 11.8 Å². The highest BCUT2D eigenvalue weighted by Gasteiger charge is 2.08. The van der Waals surface area contributed by atoms with Crippen molar-refractivity contribution < 1.29 is 13.9 Å². The molecule has 7 nitrogen and oxygen atoms in total. The molecule has 0 aliphatic rings. The van der Waals surface area contributed by atoms with Gasteiger partial charge in [0.2, 0.25) is 0 Å². The molecule has 2 amide bonds. The van der Waals surface area contributed by atoms with Gasteiger partial charge in [0, 0.05) is 35.9 Å². The van der Waals surface area contributed by atoms with E-state index in [4.69, 9.17) is 10.00 Å². The van der Waals surface area contributed by atoms with E-state index in [2.05, 4.69) is 20.6 Å². The molecule has 4 aromatic rings. The number of nitriles is 1. The molecule has 0 aliphatic heterocycles. The van der Waals surface area contributed by atoms with Gasteiger partial charge in [-0.2, -0.15) is 5.26 Å². The predicted molar refractivity (Wildman–Crippen MR) is 110 cm³/mol. The Balaban J connectivity index is 1.44. The van der Waals surface area contributed by atoms with Crippen LogP contribution < -0.4 is 15.4 Å². The second kappa shape index (κ2) is 8.24. The molecule has 3 aromatic carbocycles. The number of carbonyl (C=O) groups is 1. The van der Waals surface area contributed by atoms with Crippen molar-refractivity contribution in [2.45, 2.75) is 0 Å². The van der Waals surface area contributed by atoms with Gasteiger partial charge in [0.05, 0.1) is 16.6 Å². The van der Waals surface area contributed by atoms with Gasteiger partial charge in [-0.3, -0.25) is 9.97 Å². The number of carbonyl (C=O) groups excluding carboxylic acids is 1. The SMILES string of the molecule is N#Cc1ccc(NC(=O)Nc2cccc(Oc3ccc4nccnc4c3)c2)cc1F. The molecule has 0 bridgehead atoms. The number of hydrogen-bond acceptors (Lipinski definition) is 5. The smallest absolute Gasteiger partial charge is 0.323 e. The minimum atomic E-state index is -0.703. The van der Waals surface area contributed by atoms with Crippen LogP contribution in [-0.4, -0.2) is 16.0 Å². The third-order valence-corrected chi connectivity index (χ3v) is 4.12. The lowest BCUT2D eigenvalue weighted by molar-refractivity contribution is 0.262. The molecule has 1 heterocycles. The number of nitrogens with one attached hydrogen (secondary N) is 2. The van der Waals surface area contributed by atoms with Crippen LogP contribution in [0.15, 0.2) is 73.1 Å². The number of halogens is 1. The number of hydrogen-bond donors (Lipinski definition) is 2. The fourth-order valence-corrected chi connectivity index (χ4v) is 2.76. The van der Waals surface area contributed by atoms with E-state index in [1.165, 1.54) is 12.1 Å². The Morgan fingerprint density at radius 3 is 2.40 bits per heavy atom. The molecular formula is C22H14FN5O2. The van der Waals surface area contributed by atoms with Gasteiger partial charge >= 0.3 is 6.03 Å². The predicted octanol–water partition coefficient (Wildman–Crippen LogP) is 5.08. The third kappa shape index (κ3) is 4.31. The summed E-state index contributed by atoms with van der Waals surface area (Å²) in [6.45, 7) is 0. The van der Waals surface area contributed by atoms with Crippen molar-refractivity contribution >= 4 is 28.4 Å². The fourth-order valence-electron chi connectivity index (χ4n) is 2.76. The number of amides is 2. The number of nitrogens with zero attached hydrogens (tertiary/aromatic N) is 3. The second-order valence-corrected chi connectivity index (χ2v) is 6.22. The molecule has 4 rings (SSSR count). The van der Waals surface area contributed by atoms with Crippen molar-refractivity contribution in [1.82, 2.24) is 9.97 Å². The van der Waals surface area contributed by atoms with Gasteiger partial charge in [0.25, 0.3) is 0 Å². The maximum Gasteiger partial charge on any atom is 0.323 e. The van der Waals surface area contributed by atoms with E-state index in [1.54, 1.807) is 54.9 Å². The largest absolute Gasteiger partial charge is 0.457 e. The van der Waals surface area contributed by atoms with Crippen LogP contribution in [0, 0.1) is 17.1 Å². The van der Waals surface area contributed by atoms with E-state index in [0.717, 1.165) is 11.6 Å². The Labute approximate surface area is 170 Å². The summed E-state index contributed by atoms with van der Waals surface area (Å²) in [5, 5.41) is 13.9. The Hall–Kier alpha value is -4.51. The standard InChI is InChI=1S/C22H14FN5O2/c23-19-11-16(5-4-14(19)13-24)28-22(29)27-15-2-1-3-17(10-15)30-18-6-7-20-21(12-18)26-9-8-25-20/h1-12H,(H2,27,28,29). The van der Waals surface area contributed by atoms with Crippen LogP contribution in [0.5, 0.6) is 11.5 Å². The highest BCUT2D eigenvalue weighted by Crippen LogP contribution is 2.26. The average molecular weight is 399 g/mol. The van der Waals surface area contributed by atoms with E-state index in [9.17, 15) is 9.18 Å². The summed E-state index contributed by atoms with van der Waals surface area (Å²) in [6, 6.07) is 17.2. The average Bonchev–Trinajstić information content (AvgIpc) is 2.74. The van der Waals surface area contributed by atoms with E-state index in [1.807, 2.05) is 6.07 Å². The number of ether oxygens (including phenoxy) is 1. The number of fused-ring (bicyclic) bond motifs is 1. The Bertz CT molecular complexity index is 1290. The first-order valence-corrected chi connectivity index (χ1v) is 8.87. The summed E-state index contributed by atoms with van der Waals surface area (Å²) < 4.78 is 19.5. The van der Waals surface area contributed by atoms with Crippen LogP contribution in [-0.2, 0) is 0 Å². The summed E-state index contributed by atoms with van der Waals surface area (Å²) >= 11 is 0. The Kier molecular flexibility index (Phi) is 5.17. The van der Waals surface area contributed by atoms with Gasteiger partial charge in [-0.05, 0) is 42.5 Å². The number of urea groups is 1. The molecule has 0 unspecified atom stereocenters. The number of benzene rings is 3. The molecule has 8 heteroatoms. The molecule has 0 spiro atoms. The maximum absolute atomic E-state index is 13.7. The molecule has 146 valence electrons. The Morgan fingerprint density at radius 1 is 0.900 bits per heavy atom. The van der Waals surface area contributed by atoms with Crippen LogP contribution in [0.3, 0.4) is 0 Å². The molecule has 0 aliphatic carbocycles. The van der Waals surface area contributed by atoms with Gasteiger partial charge < -0.3 is 15.4 Å². The quantitative estimate of drug-likeness (QED) is 0.499. The molecule has 2 N–H and O–H groups in total. The van der Waals surface area contributed by atoms with Crippen molar-refractivity contribution in [2.75, 3.05) is 10.6 Å². The fraction of sp³-hybridized carbons (Fsp3) is 0. The zero-order valence-electron chi connectivity index (χ0n) is 15.5. The van der Waals surface area contributed by atoms with Gasteiger partial charge in [-0.1, -0.05) is 6.07 Å². The summed E-state index contributed by atoms with van der Waals surface area (Å²) in [7, 11) is 0. The molecule has 0 saturated heterocycles. The zero-order valence-corrected chi connectivity index (χ0v) is 15.5. The van der Waals surface area contributed by atoms with Gasteiger partial charge in [-0.15, -0.1) is 0 Å². The molecule has 0 saturated carbocycles. The lowest BCUT2D eigenvalue weighted by Gasteiger charge is -2.10. The van der Waals surface area contributed by atoms with Crippen LogP contribution in [0.25, 0.3) is 11.0 Å². The van der Waals surface area contributed by atoms with Crippen LogP contribution in [0.2, 0.25) is 0 Å². The number of aromatic nitrogens is 2. The highest BCUT2D eigenvalue weighted by atomic mass is 19.1. The van der Waals surface area contributed by atoms with Crippen molar-refractivity contribution in [2.24, 2.45) is 0 Å². The van der Waals surface area contributed by atoms with E-state index in [0.29, 0.717) is 22.7 Å². The first-order valence-electron chi connectivity index (χ1n) is 8.87. The molecular weight excluding hydrogens is 385 g/mol. The minimum absolute atomic E-state index is 0.0921. The lowest BCUT2D eigenvalue weighted by atomic mass is 10.2. The van der Waals surface area contributed by atoms with E-state index >= 15 is 0 Å². The van der Waals surface area contributed by atoms with Gasteiger partial charge in [0.1, 0.15) is 23.4 Å². The van der Waals surface area contributed by atoms with Crippen molar-refractivity contribution in [3.05, 3.63) is 84.4 Å². The molecule has 30 heavy (non-hydrogen) atoms. The molecule has 0 fully saturated rings. The molecule has 0 atom stereocenters. The second-order valence-electron chi connectivity index (χ2n) is 6.22. The first kappa shape index (κ1) is 18.8. The summed E-state index contributed by atoms with van der Waals surface area (Å²) in [4.78, 5) is 20.7. The maximum atomic E-state index is 13.7. The summed E-state index contributed by atoms with van der Waals surface area (Å²) in [5.74, 6) is 0.392. The summed E-state index contributed by atoms with van der Waals surface area (Å²) in [6.07, 6.45) is 3.23. The van der Waals surface area contributed by atoms with Crippen molar-refractivity contribution in [3.63, 3.8) is 0 Å². The zero-order chi connectivity index (χ0) is 20.9. The van der Waals surface area contributed by atoms with Gasteiger partial charge in [0.15, 0.2) is 0 Å². The van der Waals surface area contributed by atoms with Crippen LogP contribution in [0.4, 0.5) is 20.6 Å². The summed E-state index contributed by atoms with van der Waals surface area (Å²) in [5.41, 5.74) is 2.09. The monoisotopic (exact) mass is 399 g/mol. The Morgan fingerprint density at radius 2 is 1.63 bits per heavy atom. The minimum Gasteiger partial charge on any atom is -0.457 e. The van der Waals surface area contributed by atoms with Crippen molar-refractivity contribution in [1.29, 1.82) is 5.26 Å². The van der Waals surface area contributed by atoms with Crippen molar-refractivity contribution in [3.8, 4) is 17.6 Å². The molecule has 1 aromatic heterocycles. The topological polar surface area (TPSA) is 99.9 Å². The third-order valence-electron chi connectivity index (χ3n) is 4.12. The number of anilines is 2. The van der Waals surface area contributed by atoms with Gasteiger partial charge in [-0.25, -0.2) is 9.18 Å². The normalized spacial score (nSPS) is 10.3. The molecule has 0 radical (unpaired) electrons. The number of rotatable bonds is 4.